The Hall–Kier alpha value is -1.11. The van der Waals surface area contributed by atoms with E-state index in [9.17, 15) is 18.3 Å². The molecule has 1 unspecified atom stereocenters. The summed E-state index contributed by atoms with van der Waals surface area (Å²) >= 11 is 0. The van der Waals surface area contributed by atoms with Gasteiger partial charge in [0.1, 0.15) is 0 Å². The summed E-state index contributed by atoms with van der Waals surface area (Å²) in [6.45, 7) is 3.02. The standard InChI is InChI=1S/C17H22F3NO2/c18-17(19,20)14-5-3-12(4-6-14)16-13(2-1-9-23-16)10-21-8-7-15(22)11-21/h3-6,13,15-16,22H,1-2,7-11H2/t13-,15?,16-/m0/s1. The number of benzene rings is 1. The van der Waals surface area contributed by atoms with E-state index >= 15 is 0 Å². The third-order valence-electron chi connectivity index (χ3n) is 4.75. The van der Waals surface area contributed by atoms with Gasteiger partial charge in [-0.15, -0.1) is 0 Å². The van der Waals surface area contributed by atoms with Crippen molar-refractivity contribution in [3.8, 4) is 0 Å². The Morgan fingerprint density at radius 1 is 1.17 bits per heavy atom. The minimum Gasteiger partial charge on any atom is -0.392 e. The van der Waals surface area contributed by atoms with E-state index in [1.807, 2.05) is 0 Å². The van der Waals surface area contributed by atoms with Crippen molar-refractivity contribution in [2.75, 3.05) is 26.2 Å². The number of hydrogen-bond donors (Lipinski definition) is 1. The highest BCUT2D eigenvalue weighted by Crippen LogP contribution is 2.36. The second kappa shape index (κ2) is 6.79. The van der Waals surface area contributed by atoms with Crippen molar-refractivity contribution in [2.45, 2.75) is 37.6 Å². The van der Waals surface area contributed by atoms with Crippen molar-refractivity contribution >= 4 is 0 Å². The fourth-order valence-electron chi connectivity index (χ4n) is 3.57. The van der Waals surface area contributed by atoms with E-state index in [0.29, 0.717) is 13.2 Å². The Balaban J connectivity index is 1.70. The summed E-state index contributed by atoms with van der Waals surface area (Å²) in [6, 6.07) is 5.32. The Bertz CT molecular complexity index is 518. The summed E-state index contributed by atoms with van der Waals surface area (Å²) in [6.07, 6.45) is -1.97. The van der Waals surface area contributed by atoms with Crippen LogP contribution in [0, 0.1) is 5.92 Å². The average Bonchev–Trinajstić information content (AvgIpc) is 2.92. The zero-order chi connectivity index (χ0) is 16.4. The third-order valence-corrected chi connectivity index (χ3v) is 4.75. The van der Waals surface area contributed by atoms with E-state index in [0.717, 1.165) is 50.0 Å². The number of aliphatic hydroxyl groups excluding tert-OH is 1. The van der Waals surface area contributed by atoms with E-state index in [4.69, 9.17) is 4.74 Å². The molecule has 2 aliphatic rings. The maximum Gasteiger partial charge on any atom is 0.416 e. The lowest BCUT2D eigenvalue weighted by Crippen LogP contribution is -2.34. The van der Waals surface area contributed by atoms with Gasteiger partial charge in [-0.25, -0.2) is 0 Å². The Morgan fingerprint density at radius 2 is 1.91 bits per heavy atom. The number of likely N-dealkylation sites (tertiary alicyclic amines) is 1. The molecule has 128 valence electrons. The van der Waals surface area contributed by atoms with Gasteiger partial charge in [0.05, 0.1) is 17.8 Å². The molecule has 23 heavy (non-hydrogen) atoms. The molecule has 3 nitrogen and oxygen atoms in total. The highest BCUT2D eigenvalue weighted by molar-refractivity contribution is 5.26. The van der Waals surface area contributed by atoms with Gasteiger partial charge in [-0.2, -0.15) is 13.2 Å². The molecule has 1 N–H and O–H groups in total. The predicted octanol–water partition coefficient (Wildman–Crippen LogP) is 3.24. The molecule has 3 rings (SSSR count). The molecule has 0 saturated carbocycles. The van der Waals surface area contributed by atoms with Gasteiger partial charge >= 0.3 is 6.18 Å². The lowest BCUT2D eigenvalue weighted by molar-refractivity contribution is -0.137. The zero-order valence-corrected chi connectivity index (χ0v) is 12.9. The van der Waals surface area contributed by atoms with Crippen LogP contribution in [0.15, 0.2) is 24.3 Å². The van der Waals surface area contributed by atoms with E-state index in [-0.39, 0.29) is 18.1 Å². The molecule has 0 spiro atoms. The number of rotatable bonds is 3. The number of aliphatic hydroxyl groups is 1. The number of nitrogens with zero attached hydrogens (tertiary/aromatic N) is 1. The Kier molecular flexibility index (Phi) is 4.94. The molecule has 6 heteroatoms. The van der Waals surface area contributed by atoms with Crippen LogP contribution in [0.2, 0.25) is 0 Å². The molecule has 2 saturated heterocycles. The van der Waals surface area contributed by atoms with E-state index in [2.05, 4.69) is 4.90 Å². The smallest absolute Gasteiger partial charge is 0.392 e. The van der Waals surface area contributed by atoms with Crippen LogP contribution in [0.3, 0.4) is 0 Å². The minimum absolute atomic E-state index is 0.163. The Morgan fingerprint density at radius 3 is 2.52 bits per heavy atom. The predicted molar refractivity (Wildman–Crippen MR) is 79.9 cm³/mol. The number of alkyl halides is 3. The lowest BCUT2D eigenvalue weighted by Gasteiger charge is -2.34. The molecule has 3 atom stereocenters. The van der Waals surface area contributed by atoms with Crippen LogP contribution >= 0.6 is 0 Å². The summed E-state index contributed by atoms with van der Waals surface area (Å²) in [5, 5.41) is 9.64. The second-order valence-electron chi connectivity index (χ2n) is 6.52. The molecule has 0 aromatic heterocycles. The third kappa shape index (κ3) is 4.05. The minimum atomic E-state index is -4.31. The molecule has 2 fully saturated rings. The monoisotopic (exact) mass is 329 g/mol. The lowest BCUT2D eigenvalue weighted by atomic mass is 9.88. The van der Waals surface area contributed by atoms with Crippen molar-refractivity contribution < 1.29 is 23.0 Å². The fraction of sp³-hybridized carbons (Fsp3) is 0.647. The normalized spacial score (nSPS) is 29.8. The summed E-state index contributed by atoms with van der Waals surface area (Å²) in [7, 11) is 0. The molecule has 0 aliphatic carbocycles. The van der Waals surface area contributed by atoms with Gasteiger partial charge in [0.15, 0.2) is 0 Å². The first-order valence-electron chi connectivity index (χ1n) is 8.12. The van der Waals surface area contributed by atoms with Crippen LogP contribution < -0.4 is 0 Å². The largest absolute Gasteiger partial charge is 0.416 e. The number of β-amino-alcohol motifs (C(OH)–C–C–N with tert-alkyl or cyclic N) is 1. The summed E-state index contributed by atoms with van der Waals surface area (Å²) in [5.74, 6) is 0.255. The molecular formula is C17H22F3NO2. The van der Waals surface area contributed by atoms with Crippen LogP contribution in [-0.2, 0) is 10.9 Å². The second-order valence-corrected chi connectivity index (χ2v) is 6.52. The van der Waals surface area contributed by atoms with Crippen molar-refractivity contribution in [3.63, 3.8) is 0 Å². The van der Waals surface area contributed by atoms with E-state index < -0.39 is 11.7 Å². The van der Waals surface area contributed by atoms with Gasteiger partial charge in [0, 0.05) is 32.2 Å². The van der Waals surface area contributed by atoms with Gasteiger partial charge in [-0.3, -0.25) is 0 Å². The molecule has 1 aromatic carbocycles. The van der Waals surface area contributed by atoms with Crippen LogP contribution in [-0.4, -0.2) is 42.4 Å². The maximum atomic E-state index is 12.7. The van der Waals surface area contributed by atoms with Crippen LogP contribution in [0.4, 0.5) is 13.2 Å². The zero-order valence-electron chi connectivity index (χ0n) is 12.9. The number of hydrogen-bond acceptors (Lipinski definition) is 3. The quantitative estimate of drug-likeness (QED) is 0.924. The van der Waals surface area contributed by atoms with Crippen molar-refractivity contribution in [1.82, 2.24) is 4.90 Å². The van der Waals surface area contributed by atoms with Gasteiger partial charge in [0.25, 0.3) is 0 Å². The van der Waals surface area contributed by atoms with Crippen molar-refractivity contribution in [3.05, 3.63) is 35.4 Å². The van der Waals surface area contributed by atoms with Crippen LogP contribution in [0.1, 0.15) is 36.5 Å². The number of ether oxygens (including phenoxy) is 1. The first-order valence-corrected chi connectivity index (χ1v) is 8.12. The molecule has 0 radical (unpaired) electrons. The van der Waals surface area contributed by atoms with Crippen LogP contribution in [0.25, 0.3) is 0 Å². The highest BCUT2D eigenvalue weighted by atomic mass is 19.4. The Labute approximate surface area is 134 Å². The topological polar surface area (TPSA) is 32.7 Å². The average molecular weight is 329 g/mol. The molecule has 2 aliphatic heterocycles. The van der Waals surface area contributed by atoms with Crippen molar-refractivity contribution in [1.29, 1.82) is 0 Å². The van der Waals surface area contributed by atoms with E-state index in [1.165, 1.54) is 12.1 Å². The summed E-state index contributed by atoms with van der Waals surface area (Å²) < 4.78 is 43.9. The van der Waals surface area contributed by atoms with Crippen LogP contribution in [0.5, 0.6) is 0 Å². The first-order chi connectivity index (χ1) is 10.9. The summed E-state index contributed by atoms with van der Waals surface area (Å²) in [4.78, 5) is 2.22. The van der Waals surface area contributed by atoms with Gasteiger partial charge in [0.2, 0.25) is 0 Å². The fourth-order valence-corrected chi connectivity index (χ4v) is 3.57. The van der Waals surface area contributed by atoms with Gasteiger partial charge in [-0.05, 0) is 37.0 Å². The van der Waals surface area contributed by atoms with Gasteiger partial charge in [-0.1, -0.05) is 12.1 Å². The van der Waals surface area contributed by atoms with Crippen molar-refractivity contribution in [2.24, 2.45) is 5.92 Å². The molecule has 1 aromatic rings. The SMILES string of the molecule is OC1CCN(C[C@@H]2CCCO[C@H]2c2ccc(C(F)(F)F)cc2)C1. The molecule has 0 bridgehead atoms. The molecule has 2 heterocycles. The maximum absolute atomic E-state index is 12.7. The molecule has 0 amide bonds. The van der Waals surface area contributed by atoms with E-state index in [1.54, 1.807) is 0 Å². The van der Waals surface area contributed by atoms with Gasteiger partial charge < -0.3 is 14.7 Å². The molecular weight excluding hydrogens is 307 g/mol. The highest BCUT2D eigenvalue weighted by Gasteiger charge is 2.33. The number of halogens is 3. The first kappa shape index (κ1) is 16.7. The summed E-state index contributed by atoms with van der Waals surface area (Å²) in [5.41, 5.74) is 0.179.